The number of alkyl halides is 3. The van der Waals surface area contributed by atoms with Crippen LogP contribution in [0.25, 0.3) is 0 Å². The highest BCUT2D eigenvalue weighted by molar-refractivity contribution is 7.99. The molecule has 0 aromatic heterocycles. The Bertz CT molecular complexity index is 720. The first-order valence-electron chi connectivity index (χ1n) is 6.19. The normalized spacial score (nSPS) is 11.3. The fraction of sp³-hybridized carbons (Fsp3) is 0.143. The predicted octanol–water partition coefficient (Wildman–Crippen LogP) is 3.67. The molecule has 0 saturated carbocycles. The molecule has 0 bridgehead atoms. The van der Waals surface area contributed by atoms with Gasteiger partial charge in [0.25, 0.3) is 0 Å². The molecule has 0 aliphatic rings. The van der Waals surface area contributed by atoms with Gasteiger partial charge in [-0.05, 0) is 30.5 Å². The van der Waals surface area contributed by atoms with Crippen molar-refractivity contribution in [2.24, 2.45) is 5.14 Å². The van der Waals surface area contributed by atoms with Crippen LogP contribution in [0.5, 0.6) is 0 Å². The Morgan fingerprint density at radius 3 is 1.96 bits per heavy atom. The smallest absolute Gasteiger partial charge is 0.298 e. The van der Waals surface area contributed by atoms with E-state index in [0.717, 1.165) is 0 Å². The summed E-state index contributed by atoms with van der Waals surface area (Å²) in [6.45, 7) is 0. The predicted molar refractivity (Wildman–Crippen MR) is 85.7 cm³/mol. The van der Waals surface area contributed by atoms with Gasteiger partial charge in [-0.25, -0.2) is 13.6 Å². The van der Waals surface area contributed by atoms with Crippen LogP contribution in [0.1, 0.15) is 0 Å². The van der Waals surface area contributed by atoms with E-state index in [9.17, 15) is 21.6 Å². The van der Waals surface area contributed by atoms with Crippen LogP contribution in [0, 0.1) is 0 Å². The maximum Gasteiger partial charge on any atom is 0.482 e. The zero-order valence-electron chi connectivity index (χ0n) is 12.0. The van der Waals surface area contributed by atoms with Crippen LogP contribution in [0.15, 0.2) is 64.4 Å². The molecule has 0 atom stereocenters. The lowest BCUT2D eigenvalue weighted by molar-refractivity contribution is -0.0999. The van der Waals surface area contributed by atoms with E-state index >= 15 is 0 Å². The Morgan fingerprint density at radius 1 is 1.00 bits per heavy atom. The van der Waals surface area contributed by atoms with Crippen LogP contribution in [0.3, 0.4) is 0 Å². The zero-order chi connectivity index (χ0) is 17.5. The Kier molecular flexibility index (Phi) is 6.92. The number of nitrogens with two attached hydrogens (primary N) is 1. The molecule has 0 spiro atoms. The van der Waals surface area contributed by atoms with Crippen molar-refractivity contribution < 1.29 is 21.6 Å². The highest BCUT2D eigenvalue weighted by atomic mass is 32.2. The van der Waals surface area contributed by atoms with Gasteiger partial charge in [-0.3, -0.25) is 5.32 Å². The summed E-state index contributed by atoms with van der Waals surface area (Å²) >= 11 is 1.36. The molecule has 0 aliphatic heterocycles. The summed E-state index contributed by atoms with van der Waals surface area (Å²) in [5, 5.41) is 6.37. The SMILES string of the molecule is CSc1ccccc1S(N)(=O)=O.FC(F)(F)Nc1ccccc1. The van der Waals surface area contributed by atoms with E-state index in [-0.39, 0.29) is 10.6 Å². The third-order valence-corrected chi connectivity index (χ3v) is 4.33. The molecule has 0 saturated heterocycles. The van der Waals surface area contributed by atoms with Gasteiger partial charge in [-0.1, -0.05) is 30.3 Å². The van der Waals surface area contributed by atoms with Crippen LogP contribution in [-0.4, -0.2) is 21.0 Å². The molecule has 0 unspecified atom stereocenters. The number of anilines is 1. The largest absolute Gasteiger partial charge is 0.482 e. The van der Waals surface area contributed by atoms with Gasteiger partial charge in [0.15, 0.2) is 0 Å². The molecule has 126 valence electrons. The van der Waals surface area contributed by atoms with E-state index in [1.807, 2.05) is 6.26 Å². The van der Waals surface area contributed by atoms with Gasteiger partial charge >= 0.3 is 6.30 Å². The number of rotatable bonds is 3. The Balaban J connectivity index is 0.000000231. The van der Waals surface area contributed by atoms with Crippen LogP contribution in [0.4, 0.5) is 18.9 Å². The molecule has 0 aliphatic carbocycles. The molecule has 0 fully saturated rings. The fourth-order valence-corrected chi connectivity index (χ4v) is 3.24. The zero-order valence-corrected chi connectivity index (χ0v) is 13.7. The Morgan fingerprint density at radius 2 is 1.52 bits per heavy atom. The standard InChI is InChI=1S/C7H6F3N.C7H9NO2S2/c8-7(9,10)11-6-4-2-1-3-5-6;1-11-6-4-2-3-5-7(6)12(8,9)10/h1-5,11H;2-5H,1H3,(H2,8,9,10). The lowest BCUT2D eigenvalue weighted by Crippen LogP contribution is -2.20. The molecule has 9 heteroatoms. The lowest BCUT2D eigenvalue weighted by Gasteiger charge is -2.08. The van der Waals surface area contributed by atoms with Crippen LogP contribution >= 0.6 is 11.8 Å². The van der Waals surface area contributed by atoms with Crippen molar-refractivity contribution in [2.75, 3.05) is 11.6 Å². The van der Waals surface area contributed by atoms with Gasteiger partial charge in [-0.15, -0.1) is 11.8 Å². The minimum atomic E-state index is -4.35. The highest BCUT2D eigenvalue weighted by Crippen LogP contribution is 2.22. The molecule has 2 rings (SSSR count). The maximum absolute atomic E-state index is 11.6. The van der Waals surface area contributed by atoms with Crippen molar-refractivity contribution in [3.05, 3.63) is 54.6 Å². The number of thioether (sulfide) groups is 1. The van der Waals surface area contributed by atoms with Crippen molar-refractivity contribution >= 4 is 27.5 Å². The first-order valence-corrected chi connectivity index (χ1v) is 8.96. The fourth-order valence-electron chi connectivity index (χ4n) is 1.54. The van der Waals surface area contributed by atoms with E-state index in [1.54, 1.807) is 24.3 Å². The van der Waals surface area contributed by atoms with Crippen molar-refractivity contribution in [1.82, 2.24) is 0 Å². The van der Waals surface area contributed by atoms with E-state index in [4.69, 9.17) is 5.14 Å². The summed E-state index contributed by atoms with van der Waals surface area (Å²) in [6, 6.07) is 14.1. The molecule has 0 radical (unpaired) electrons. The topological polar surface area (TPSA) is 72.2 Å². The molecule has 4 nitrogen and oxygen atoms in total. The first-order chi connectivity index (χ1) is 10.6. The monoisotopic (exact) mass is 364 g/mol. The summed E-state index contributed by atoms with van der Waals surface area (Å²) in [6.07, 6.45) is -2.54. The molecular weight excluding hydrogens is 349 g/mol. The van der Waals surface area contributed by atoms with Gasteiger partial charge in [0.2, 0.25) is 10.0 Å². The van der Waals surface area contributed by atoms with Crippen LogP contribution in [0.2, 0.25) is 0 Å². The summed E-state index contributed by atoms with van der Waals surface area (Å²) in [5.74, 6) is 0. The molecule has 2 aromatic carbocycles. The quantitative estimate of drug-likeness (QED) is 0.644. The van der Waals surface area contributed by atoms with Crippen molar-refractivity contribution in [3.63, 3.8) is 0 Å². The van der Waals surface area contributed by atoms with Crippen molar-refractivity contribution in [3.8, 4) is 0 Å². The van der Waals surface area contributed by atoms with E-state index in [2.05, 4.69) is 0 Å². The number of benzene rings is 2. The number of primary sulfonamides is 1. The van der Waals surface area contributed by atoms with Gasteiger partial charge in [0.05, 0.1) is 4.90 Å². The lowest BCUT2D eigenvalue weighted by atomic mass is 10.3. The van der Waals surface area contributed by atoms with E-state index in [1.165, 1.54) is 47.4 Å². The Hall–Kier alpha value is -1.71. The van der Waals surface area contributed by atoms with Crippen LogP contribution < -0.4 is 10.5 Å². The number of sulfonamides is 1. The highest BCUT2D eigenvalue weighted by Gasteiger charge is 2.26. The second kappa shape index (κ2) is 8.23. The third kappa shape index (κ3) is 7.40. The molecule has 0 amide bonds. The van der Waals surface area contributed by atoms with E-state index < -0.39 is 16.3 Å². The number of para-hydroxylation sites is 1. The molecule has 3 N–H and O–H groups in total. The first kappa shape index (κ1) is 19.3. The van der Waals surface area contributed by atoms with Gasteiger partial charge in [0, 0.05) is 10.6 Å². The Labute approximate surface area is 136 Å². The molecule has 0 heterocycles. The average Bonchev–Trinajstić information content (AvgIpc) is 2.46. The second-order valence-corrected chi connectivity index (χ2v) is 6.56. The van der Waals surface area contributed by atoms with Crippen molar-refractivity contribution in [1.29, 1.82) is 0 Å². The number of halogens is 3. The molecule has 23 heavy (non-hydrogen) atoms. The van der Waals surface area contributed by atoms with Gasteiger partial charge in [0.1, 0.15) is 0 Å². The minimum absolute atomic E-state index is 0.0556. The third-order valence-electron chi connectivity index (χ3n) is 2.44. The second-order valence-electron chi connectivity index (χ2n) is 4.18. The van der Waals surface area contributed by atoms with Gasteiger partial charge < -0.3 is 0 Å². The number of hydrogen-bond donors (Lipinski definition) is 2. The molecular formula is C14H15F3N2O2S2. The summed E-state index contributed by atoms with van der Waals surface area (Å²) in [7, 11) is -3.57. The minimum Gasteiger partial charge on any atom is -0.298 e. The summed E-state index contributed by atoms with van der Waals surface area (Å²) in [5.41, 5.74) is 0.0556. The number of hydrogen-bond acceptors (Lipinski definition) is 4. The maximum atomic E-state index is 11.6. The summed E-state index contributed by atoms with van der Waals surface area (Å²) in [4.78, 5) is 0.873. The number of nitrogens with one attached hydrogen (secondary N) is 1. The average molecular weight is 364 g/mol. The van der Waals surface area contributed by atoms with Gasteiger partial charge in [-0.2, -0.15) is 13.2 Å². The van der Waals surface area contributed by atoms with Crippen molar-refractivity contribution in [2.45, 2.75) is 16.1 Å². The van der Waals surface area contributed by atoms with E-state index in [0.29, 0.717) is 4.90 Å². The molecule has 2 aromatic rings. The van der Waals surface area contributed by atoms with Crippen LogP contribution in [-0.2, 0) is 10.0 Å². The summed E-state index contributed by atoms with van der Waals surface area (Å²) < 4.78 is 56.8.